The number of fused-ring (bicyclic) bond motifs is 1. The largest absolute Gasteiger partial charge is 0.352 e. The first-order chi connectivity index (χ1) is 14.0. The van der Waals surface area contributed by atoms with Gasteiger partial charge in [0.05, 0.1) is 5.52 Å². The number of amides is 1. The Bertz CT molecular complexity index is 1170. The topological polar surface area (TPSA) is 57.8 Å². The van der Waals surface area contributed by atoms with Crippen molar-refractivity contribution < 1.29 is 18.0 Å². The number of rotatable bonds is 5. The zero-order valence-electron chi connectivity index (χ0n) is 15.2. The molecule has 0 aliphatic carbocycles. The number of carbonyl (C=O) groups is 1. The van der Waals surface area contributed by atoms with Crippen molar-refractivity contribution in [3.63, 3.8) is 0 Å². The molecule has 0 saturated carbocycles. The summed E-state index contributed by atoms with van der Waals surface area (Å²) in [6, 6.07) is 11.0. The minimum absolute atomic E-state index is 0.168. The zero-order chi connectivity index (χ0) is 20.4. The smallest absolute Gasteiger partial charge is 0.251 e. The van der Waals surface area contributed by atoms with E-state index in [1.807, 2.05) is 0 Å². The number of benzene rings is 2. The lowest BCUT2D eigenvalue weighted by Crippen LogP contribution is -2.25. The first-order valence-electron chi connectivity index (χ1n) is 8.96. The molecule has 4 nitrogen and oxygen atoms in total. The van der Waals surface area contributed by atoms with Crippen molar-refractivity contribution in [2.75, 3.05) is 6.54 Å². The van der Waals surface area contributed by atoms with Crippen molar-refractivity contribution in [1.82, 2.24) is 15.3 Å². The Kier molecular flexibility index (Phi) is 5.03. The highest BCUT2D eigenvalue weighted by molar-refractivity contribution is 5.94. The number of H-pyrrole nitrogens is 1. The van der Waals surface area contributed by atoms with Gasteiger partial charge in [0.1, 0.15) is 17.5 Å². The van der Waals surface area contributed by atoms with Gasteiger partial charge in [-0.3, -0.25) is 9.78 Å². The van der Waals surface area contributed by atoms with Gasteiger partial charge < -0.3 is 10.3 Å². The van der Waals surface area contributed by atoms with Crippen molar-refractivity contribution in [2.24, 2.45) is 0 Å². The van der Waals surface area contributed by atoms with E-state index in [-0.39, 0.29) is 18.0 Å². The molecule has 4 rings (SSSR count). The van der Waals surface area contributed by atoms with E-state index >= 15 is 0 Å². The van der Waals surface area contributed by atoms with E-state index in [0.717, 1.165) is 6.07 Å². The average molecular weight is 395 g/mol. The normalized spacial score (nSPS) is 11.0. The molecule has 2 heterocycles. The number of pyridine rings is 1. The number of aromatic amines is 1. The van der Waals surface area contributed by atoms with Gasteiger partial charge in [0, 0.05) is 41.6 Å². The zero-order valence-corrected chi connectivity index (χ0v) is 15.2. The molecule has 29 heavy (non-hydrogen) atoms. The van der Waals surface area contributed by atoms with Gasteiger partial charge in [-0.05, 0) is 60.0 Å². The summed E-state index contributed by atoms with van der Waals surface area (Å²) in [4.78, 5) is 19.1. The predicted molar refractivity (Wildman–Crippen MR) is 104 cm³/mol. The molecule has 0 fully saturated rings. The van der Waals surface area contributed by atoms with Crippen LogP contribution in [-0.2, 0) is 6.42 Å². The molecule has 0 atom stereocenters. The predicted octanol–water partition coefficient (Wildman–Crippen LogP) is 4.62. The summed E-state index contributed by atoms with van der Waals surface area (Å²) in [5.41, 5.74) is 2.47. The van der Waals surface area contributed by atoms with E-state index in [1.165, 1.54) is 30.6 Å². The van der Waals surface area contributed by atoms with Gasteiger partial charge >= 0.3 is 0 Å². The number of nitrogens with one attached hydrogen (secondary N) is 2. The lowest BCUT2D eigenvalue weighted by molar-refractivity contribution is 0.0954. The third-order valence-electron chi connectivity index (χ3n) is 4.67. The van der Waals surface area contributed by atoms with Crippen LogP contribution in [0.15, 0.2) is 60.9 Å². The molecule has 0 radical (unpaired) electrons. The van der Waals surface area contributed by atoms with Gasteiger partial charge in [0.15, 0.2) is 0 Å². The molecule has 0 bridgehead atoms. The van der Waals surface area contributed by atoms with E-state index in [9.17, 15) is 18.0 Å². The van der Waals surface area contributed by atoms with Gasteiger partial charge in [-0.2, -0.15) is 0 Å². The summed E-state index contributed by atoms with van der Waals surface area (Å²) in [5.74, 6) is -2.07. The highest BCUT2D eigenvalue weighted by Crippen LogP contribution is 2.32. The Morgan fingerprint density at radius 2 is 1.69 bits per heavy atom. The molecule has 0 aliphatic rings. The highest BCUT2D eigenvalue weighted by Gasteiger charge is 2.17. The summed E-state index contributed by atoms with van der Waals surface area (Å²) < 4.78 is 41.4. The molecular weight excluding hydrogens is 379 g/mol. The van der Waals surface area contributed by atoms with Gasteiger partial charge in [0.25, 0.3) is 5.91 Å². The third-order valence-corrected chi connectivity index (χ3v) is 4.67. The Morgan fingerprint density at radius 3 is 2.41 bits per heavy atom. The molecule has 0 aliphatic heterocycles. The van der Waals surface area contributed by atoms with E-state index in [2.05, 4.69) is 15.3 Å². The molecule has 1 amide bonds. The summed E-state index contributed by atoms with van der Waals surface area (Å²) in [6.07, 6.45) is 3.37. The molecule has 0 saturated heterocycles. The van der Waals surface area contributed by atoms with Gasteiger partial charge in [-0.1, -0.05) is 0 Å². The minimum atomic E-state index is -0.713. The van der Waals surface area contributed by atoms with Crippen LogP contribution in [0.1, 0.15) is 15.9 Å². The van der Waals surface area contributed by atoms with Crippen LogP contribution >= 0.6 is 0 Å². The molecule has 2 N–H and O–H groups in total. The maximum atomic E-state index is 14.3. The van der Waals surface area contributed by atoms with Crippen molar-refractivity contribution in [2.45, 2.75) is 6.42 Å². The van der Waals surface area contributed by atoms with Crippen LogP contribution in [0.25, 0.3) is 22.2 Å². The fourth-order valence-corrected chi connectivity index (χ4v) is 3.30. The van der Waals surface area contributed by atoms with Gasteiger partial charge in [-0.15, -0.1) is 0 Å². The number of nitrogens with zero attached hydrogens (tertiary/aromatic N) is 1. The summed E-state index contributed by atoms with van der Waals surface area (Å²) in [5, 5.41) is 3.18. The molecule has 0 spiro atoms. The Morgan fingerprint density at radius 1 is 0.966 bits per heavy atom. The van der Waals surface area contributed by atoms with E-state index in [0.29, 0.717) is 34.2 Å². The highest BCUT2D eigenvalue weighted by atomic mass is 19.1. The quantitative estimate of drug-likeness (QED) is 0.518. The average Bonchev–Trinajstić information content (AvgIpc) is 3.08. The van der Waals surface area contributed by atoms with Crippen molar-refractivity contribution in [3.05, 3.63) is 89.5 Å². The molecule has 0 unspecified atom stereocenters. The van der Waals surface area contributed by atoms with E-state index in [1.54, 1.807) is 24.3 Å². The second-order valence-corrected chi connectivity index (χ2v) is 6.54. The Labute approximate surface area is 164 Å². The monoisotopic (exact) mass is 395 g/mol. The lowest BCUT2D eigenvalue weighted by atomic mass is 10.0. The van der Waals surface area contributed by atoms with Crippen LogP contribution in [0.2, 0.25) is 0 Å². The molecule has 2 aromatic heterocycles. The van der Waals surface area contributed by atoms with Crippen LogP contribution in [-0.4, -0.2) is 22.4 Å². The van der Waals surface area contributed by atoms with Crippen LogP contribution in [0.5, 0.6) is 0 Å². The molecule has 146 valence electrons. The van der Waals surface area contributed by atoms with Gasteiger partial charge in [-0.25, -0.2) is 13.2 Å². The van der Waals surface area contributed by atoms with E-state index in [4.69, 9.17) is 0 Å². The summed E-state index contributed by atoms with van der Waals surface area (Å²) >= 11 is 0. The van der Waals surface area contributed by atoms with Gasteiger partial charge in [0.2, 0.25) is 0 Å². The first kappa shape index (κ1) is 18.7. The second-order valence-electron chi connectivity index (χ2n) is 6.54. The number of hydrogen-bond donors (Lipinski definition) is 2. The van der Waals surface area contributed by atoms with Crippen molar-refractivity contribution >= 4 is 16.8 Å². The maximum Gasteiger partial charge on any atom is 0.251 e. The SMILES string of the molecule is O=C(NCCc1c(-c2ccc(F)cc2)[nH]c2c(F)cc(F)cc12)c1ccncc1. The Hall–Kier alpha value is -3.61. The van der Waals surface area contributed by atoms with Crippen LogP contribution < -0.4 is 5.32 Å². The summed E-state index contributed by atoms with van der Waals surface area (Å²) in [6.45, 7) is 0.250. The standard InChI is InChI=1S/C22H16F3N3O/c23-15-3-1-13(2-4-15)20-17(18-11-16(24)12-19(25)21(18)28-20)7-10-27-22(29)14-5-8-26-9-6-14/h1-6,8-9,11-12,28H,7,10H2,(H,27,29). The fraction of sp³-hybridized carbons (Fsp3) is 0.0909. The number of carbonyl (C=O) groups excluding carboxylic acids is 1. The second kappa shape index (κ2) is 7.79. The first-order valence-corrected chi connectivity index (χ1v) is 8.96. The maximum absolute atomic E-state index is 14.3. The van der Waals surface area contributed by atoms with Crippen molar-refractivity contribution in [1.29, 1.82) is 0 Å². The lowest BCUT2D eigenvalue weighted by Gasteiger charge is -2.08. The van der Waals surface area contributed by atoms with Crippen LogP contribution in [0.4, 0.5) is 13.2 Å². The minimum Gasteiger partial charge on any atom is -0.352 e. The van der Waals surface area contributed by atoms with E-state index < -0.39 is 17.5 Å². The Balaban J connectivity index is 1.67. The molecule has 7 heteroatoms. The number of hydrogen-bond acceptors (Lipinski definition) is 2. The fourth-order valence-electron chi connectivity index (χ4n) is 3.30. The van der Waals surface area contributed by atoms with Crippen LogP contribution in [0, 0.1) is 17.5 Å². The molecule has 2 aromatic carbocycles. The molecular formula is C22H16F3N3O. The number of halogens is 3. The molecule has 4 aromatic rings. The third kappa shape index (κ3) is 3.85. The van der Waals surface area contributed by atoms with Crippen molar-refractivity contribution in [3.8, 4) is 11.3 Å². The van der Waals surface area contributed by atoms with Crippen LogP contribution in [0.3, 0.4) is 0 Å². The summed E-state index contributed by atoms with van der Waals surface area (Å²) in [7, 11) is 0. The number of aromatic nitrogens is 2.